The van der Waals surface area contributed by atoms with Gasteiger partial charge < -0.3 is 10.6 Å². The van der Waals surface area contributed by atoms with Gasteiger partial charge in [0.2, 0.25) is 0 Å². The SMILES string of the molecule is CN=C(NCc1ccc(F)cc1)NCc1nc(C(F)(F)F)cs1. The summed E-state index contributed by atoms with van der Waals surface area (Å²) in [4.78, 5) is 7.49. The number of aromatic nitrogens is 1. The normalized spacial score (nSPS) is 12.3. The van der Waals surface area contributed by atoms with E-state index in [0.29, 0.717) is 17.5 Å². The first-order valence-corrected chi connectivity index (χ1v) is 7.47. The smallest absolute Gasteiger partial charge is 0.352 e. The molecule has 9 heteroatoms. The van der Waals surface area contributed by atoms with Gasteiger partial charge in [-0.1, -0.05) is 12.1 Å². The van der Waals surface area contributed by atoms with Gasteiger partial charge in [0.15, 0.2) is 11.7 Å². The van der Waals surface area contributed by atoms with Crippen LogP contribution in [0.15, 0.2) is 34.6 Å². The predicted molar refractivity (Wildman–Crippen MR) is 80.6 cm³/mol. The Morgan fingerprint density at radius 1 is 1.17 bits per heavy atom. The summed E-state index contributed by atoms with van der Waals surface area (Å²) in [5.74, 6) is 0.0959. The fourth-order valence-electron chi connectivity index (χ4n) is 1.69. The first kappa shape index (κ1) is 17.2. The predicted octanol–water partition coefficient (Wildman–Crippen LogP) is 3.17. The van der Waals surface area contributed by atoms with Crippen molar-refractivity contribution in [3.63, 3.8) is 0 Å². The minimum absolute atomic E-state index is 0.129. The summed E-state index contributed by atoms with van der Waals surface area (Å²) in [7, 11) is 1.54. The van der Waals surface area contributed by atoms with Crippen LogP contribution in [0.25, 0.3) is 0 Å². The van der Waals surface area contributed by atoms with Crippen molar-refractivity contribution < 1.29 is 17.6 Å². The monoisotopic (exact) mass is 346 g/mol. The zero-order valence-electron chi connectivity index (χ0n) is 12.1. The van der Waals surface area contributed by atoms with Crippen LogP contribution >= 0.6 is 11.3 Å². The summed E-state index contributed by atoms with van der Waals surface area (Å²) in [5, 5.41) is 7.15. The van der Waals surface area contributed by atoms with Crippen LogP contribution in [0.1, 0.15) is 16.3 Å². The van der Waals surface area contributed by atoms with Crippen LogP contribution in [-0.4, -0.2) is 18.0 Å². The highest BCUT2D eigenvalue weighted by atomic mass is 32.1. The van der Waals surface area contributed by atoms with Crippen LogP contribution in [0.5, 0.6) is 0 Å². The number of rotatable bonds is 4. The molecule has 1 heterocycles. The number of hydrogen-bond acceptors (Lipinski definition) is 3. The standard InChI is InChI=1S/C14H14F4N4S/c1-19-13(20-6-9-2-4-10(15)5-3-9)21-7-12-22-11(8-23-12)14(16,17)18/h2-5,8H,6-7H2,1H3,(H2,19,20,21). The van der Waals surface area contributed by atoms with Gasteiger partial charge in [-0.3, -0.25) is 4.99 Å². The molecule has 0 bridgehead atoms. The van der Waals surface area contributed by atoms with E-state index in [-0.39, 0.29) is 12.4 Å². The van der Waals surface area contributed by atoms with Gasteiger partial charge in [-0.15, -0.1) is 11.3 Å². The molecule has 0 aliphatic carbocycles. The molecule has 4 nitrogen and oxygen atoms in total. The topological polar surface area (TPSA) is 49.3 Å². The van der Waals surface area contributed by atoms with Crippen molar-refractivity contribution in [3.8, 4) is 0 Å². The highest BCUT2D eigenvalue weighted by Gasteiger charge is 2.33. The summed E-state index contributed by atoms with van der Waals surface area (Å²) in [6.07, 6.45) is -4.43. The van der Waals surface area contributed by atoms with E-state index in [9.17, 15) is 17.6 Å². The molecule has 0 radical (unpaired) electrons. The van der Waals surface area contributed by atoms with Gasteiger partial charge in [0.25, 0.3) is 0 Å². The van der Waals surface area contributed by atoms with Gasteiger partial charge in [0.05, 0.1) is 6.54 Å². The maximum atomic E-state index is 12.8. The average Bonchev–Trinajstić information content (AvgIpc) is 2.98. The summed E-state index contributed by atoms with van der Waals surface area (Å²) in [6, 6.07) is 5.96. The highest BCUT2D eigenvalue weighted by Crippen LogP contribution is 2.29. The highest BCUT2D eigenvalue weighted by molar-refractivity contribution is 7.09. The van der Waals surface area contributed by atoms with Crippen LogP contribution in [0.2, 0.25) is 0 Å². The maximum Gasteiger partial charge on any atom is 0.434 e. The molecule has 0 fully saturated rings. The van der Waals surface area contributed by atoms with Gasteiger partial charge in [-0.2, -0.15) is 13.2 Å². The Balaban J connectivity index is 1.85. The third-order valence-corrected chi connectivity index (χ3v) is 3.69. The molecule has 2 rings (SSSR count). The number of aliphatic imine (C=N–C) groups is 1. The van der Waals surface area contributed by atoms with Crippen molar-refractivity contribution in [1.29, 1.82) is 0 Å². The third kappa shape index (κ3) is 5.20. The molecule has 23 heavy (non-hydrogen) atoms. The number of alkyl halides is 3. The quantitative estimate of drug-likeness (QED) is 0.508. The molecule has 1 aromatic carbocycles. The summed E-state index contributed by atoms with van der Waals surface area (Å²) in [6.45, 7) is 0.537. The number of nitrogens with zero attached hydrogens (tertiary/aromatic N) is 2. The molecule has 0 amide bonds. The fourth-order valence-corrected chi connectivity index (χ4v) is 2.43. The van der Waals surface area contributed by atoms with E-state index in [4.69, 9.17) is 0 Å². The van der Waals surface area contributed by atoms with Gasteiger partial charge in [-0.25, -0.2) is 9.37 Å². The van der Waals surface area contributed by atoms with Crippen molar-refractivity contribution >= 4 is 17.3 Å². The van der Waals surface area contributed by atoms with Crippen LogP contribution in [0.3, 0.4) is 0 Å². The Morgan fingerprint density at radius 3 is 2.39 bits per heavy atom. The number of benzene rings is 1. The third-order valence-electron chi connectivity index (χ3n) is 2.85. The average molecular weight is 346 g/mol. The zero-order valence-corrected chi connectivity index (χ0v) is 12.9. The molecule has 0 saturated heterocycles. The van der Waals surface area contributed by atoms with Gasteiger partial charge in [-0.05, 0) is 17.7 Å². The van der Waals surface area contributed by atoms with Crippen LogP contribution in [-0.2, 0) is 19.3 Å². The molecule has 0 saturated carbocycles. The van der Waals surface area contributed by atoms with E-state index in [0.717, 1.165) is 22.3 Å². The molecule has 0 unspecified atom stereocenters. The fraction of sp³-hybridized carbons (Fsp3) is 0.286. The summed E-state index contributed by atoms with van der Waals surface area (Å²) >= 11 is 0.927. The summed E-state index contributed by atoms with van der Waals surface area (Å²) in [5.41, 5.74) is -0.0449. The Kier molecular flexibility index (Phi) is 5.54. The largest absolute Gasteiger partial charge is 0.434 e. The minimum atomic E-state index is -4.43. The lowest BCUT2D eigenvalue weighted by atomic mass is 10.2. The number of guanidine groups is 1. The first-order valence-electron chi connectivity index (χ1n) is 6.59. The van der Waals surface area contributed by atoms with Gasteiger partial charge in [0.1, 0.15) is 10.8 Å². The lowest BCUT2D eigenvalue weighted by Gasteiger charge is -2.11. The van der Waals surface area contributed by atoms with Crippen molar-refractivity contribution in [2.24, 2.45) is 4.99 Å². The van der Waals surface area contributed by atoms with E-state index in [1.165, 1.54) is 12.1 Å². The van der Waals surface area contributed by atoms with E-state index in [1.54, 1.807) is 19.2 Å². The second-order valence-electron chi connectivity index (χ2n) is 4.53. The van der Waals surface area contributed by atoms with Gasteiger partial charge in [0, 0.05) is 19.0 Å². The Bertz CT molecular complexity index is 664. The molecule has 2 aromatic rings. The van der Waals surface area contributed by atoms with Crippen LogP contribution in [0, 0.1) is 5.82 Å². The van der Waals surface area contributed by atoms with Crippen molar-refractivity contribution in [2.75, 3.05) is 7.05 Å². The van der Waals surface area contributed by atoms with E-state index in [2.05, 4.69) is 20.6 Å². The van der Waals surface area contributed by atoms with E-state index < -0.39 is 11.9 Å². The Hall–Kier alpha value is -2.16. The first-order chi connectivity index (χ1) is 10.9. The number of thiazole rings is 1. The van der Waals surface area contributed by atoms with E-state index in [1.807, 2.05) is 0 Å². The van der Waals surface area contributed by atoms with E-state index >= 15 is 0 Å². The second kappa shape index (κ2) is 7.40. The lowest BCUT2D eigenvalue weighted by molar-refractivity contribution is -0.140. The molecule has 0 aliphatic heterocycles. The molecular formula is C14H14F4N4S. The zero-order chi connectivity index (χ0) is 16.9. The molecule has 0 aliphatic rings. The Morgan fingerprint density at radius 2 is 1.83 bits per heavy atom. The van der Waals surface area contributed by atoms with Crippen molar-refractivity contribution in [2.45, 2.75) is 19.3 Å². The van der Waals surface area contributed by atoms with Gasteiger partial charge >= 0.3 is 6.18 Å². The maximum absolute atomic E-state index is 12.8. The molecule has 0 atom stereocenters. The molecule has 124 valence electrons. The lowest BCUT2D eigenvalue weighted by Crippen LogP contribution is -2.36. The Labute approximate surface area is 134 Å². The molecular weight excluding hydrogens is 332 g/mol. The molecule has 2 N–H and O–H groups in total. The summed E-state index contributed by atoms with van der Waals surface area (Å²) < 4.78 is 50.2. The van der Waals surface area contributed by atoms with Crippen molar-refractivity contribution in [1.82, 2.24) is 15.6 Å². The number of nitrogens with one attached hydrogen (secondary N) is 2. The van der Waals surface area contributed by atoms with Crippen molar-refractivity contribution in [3.05, 3.63) is 51.7 Å². The molecule has 0 spiro atoms. The van der Waals surface area contributed by atoms with Crippen LogP contribution in [0.4, 0.5) is 17.6 Å². The second-order valence-corrected chi connectivity index (χ2v) is 5.47. The minimum Gasteiger partial charge on any atom is -0.352 e. The molecule has 1 aromatic heterocycles. The van der Waals surface area contributed by atoms with Crippen LogP contribution < -0.4 is 10.6 Å². The number of halogens is 4. The number of hydrogen-bond donors (Lipinski definition) is 2.